The summed E-state index contributed by atoms with van der Waals surface area (Å²) in [6.07, 6.45) is 0.868. The average molecular weight is 537 g/mol. The van der Waals surface area contributed by atoms with Gasteiger partial charge >= 0.3 is 11.9 Å². The summed E-state index contributed by atoms with van der Waals surface area (Å²) in [5, 5.41) is 2.13. The predicted molar refractivity (Wildman–Crippen MR) is 129 cm³/mol. The molecule has 0 unspecified atom stereocenters. The lowest BCUT2D eigenvalue weighted by molar-refractivity contribution is -0.154. The quantitative estimate of drug-likeness (QED) is 0.0485. The van der Waals surface area contributed by atoms with Crippen molar-refractivity contribution in [3.63, 3.8) is 0 Å². The normalized spacial score (nSPS) is 11.2. The molecule has 0 saturated heterocycles. The van der Waals surface area contributed by atoms with Crippen LogP contribution in [-0.2, 0) is 47.6 Å². The van der Waals surface area contributed by atoms with Crippen molar-refractivity contribution in [1.82, 2.24) is 31.9 Å². The smallest absolute Gasteiger partial charge is 0.334 e. The Balaban J connectivity index is 4.73. The fourth-order valence-corrected chi connectivity index (χ4v) is 2.28. The number of nitrogens with one attached hydrogen (secondary N) is 4. The maximum Gasteiger partial charge on any atom is 0.334 e. The van der Waals surface area contributed by atoms with Gasteiger partial charge in [-0.05, 0) is 6.92 Å². The molecule has 0 aliphatic carbocycles. The van der Waals surface area contributed by atoms with E-state index in [2.05, 4.69) is 21.7 Å². The number of rotatable bonds is 22. The van der Waals surface area contributed by atoms with E-state index < -0.39 is 37.0 Å². The first-order valence-electron chi connectivity index (χ1n) is 11.4. The van der Waals surface area contributed by atoms with Gasteiger partial charge < -0.3 is 28.4 Å². The first-order chi connectivity index (χ1) is 17.8. The monoisotopic (exact) mass is 536 g/mol. The summed E-state index contributed by atoms with van der Waals surface area (Å²) < 4.78 is 29.6. The van der Waals surface area contributed by atoms with E-state index in [1.54, 1.807) is 0 Å². The standard InChI is InChI=1S/C21H40N6O10/c1-17(21(31)37-16-19(29)27(24-8-12-34-4)25-9-13-35-5)14-20(30)36-15-18(28)26(22-6-10-32-2)23-7-11-33-3/h14,22-25H,6-13,15-16H2,1-5H3/b17-14+. The number of hydrogen-bond acceptors (Lipinski definition) is 14. The second-order valence-electron chi connectivity index (χ2n) is 7.07. The molecule has 0 aromatic rings. The third-order valence-corrected chi connectivity index (χ3v) is 4.12. The largest absolute Gasteiger partial charge is 0.452 e. The molecule has 0 aliphatic rings. The van der Waals surface area contributed by atoms with Crippen molar-refractivity contribution >= 4 is 23.8 Å². The highest BCUT2D eigenvalue weighted by atomic mass is 16.5. The van der Waals surface area contributed by atoms with Crippen molar-refractivity contribution in [2.45, 2.75) is 6.92 Å². The van der Waals surface area contributed by atoms with Gasteiger partial charge in [-0.3, -0.25) is 9.59 Å². The van der Waals surface area contributed by atoms with Gasteiger partial charge in [-0.25, -0.2) is 41.5 Å². The van der Waals surface area contributed by atoms with Crippen LogP contribution in [0.5, 0.6) is 0 Å². The van der Waals surface area contributed by atoms with Gasteiger partial charge in [0, 0.05) is 66.3 Å². The van der Waals surface area contributed by atoms with E-state index in [0.29, 0.717) is 52.6 Å². The van der Waals surface area contributed by atoms with Crippen LogP contribution in [0.3, 0.4) is 0 Å². The maximum atomic E-state index is 12.4. The van der Waals surface area contributed by atoms with E-state index in [1.807, 2.05) is 0 Å². The molecule has 0 spiro atoms. The van der Waals surface area contributed by atoms with Gasteiger partial charge in [-0.1, -0.05) is 0 Å². The van der Waals surface area contributed by atoms with Crippen LogP contribution in [0.1, 0.15) is 6.92 Å². The molecular formula is C21H40N6O10. The molecule has 0 aromatic carbocycles. The number of methoxy groups -OCH3 is 4. The SMILES string of the molecule is COCCNN(NCCOC)C(=O)COC(=O)/C=C(\C)C(=O)OCC(=O)N(NCCOC)NCCOC. The molecule has 0 heterocycles. The van der Waals surface area contributed by atoms with Crippen LogP contribution in [0.4, 0.5) is 0 Å². The van der Waals surface area contributed by atoms with E-state index in [1.165, 1.54) is 35.4 Å². The number of nitrogens with zero attached hydrogens (tertiary/aromatic N) is 2. The van der Waals surface area contributed by atoms with Crippen LogP contribution in [0.25, 0.3) is 0 Å². The number of carbonyl (C=O) groups is 4. The highest BCUT2D eigenvalue weighted by Crippen LogP contribution is 1.99. The topological polar surface area (TPSA) is 178 Å². The lowest BCUT2D eigenvalue weighted by Crippen LogP contribution is -2.54. The Morgan fingerprint density at radius 3 is 1.32 bits per heavy atom. The third-order valence-electron chi connectivity index (χ3n) is 4.12. The van der Waals surface area contributed by atoms with Crippen LogP contribution in [-0.4, -0.2) is 128 Å². The molecule has 0 atom stereocenters. The molecule has 0 rings (SSSR count). The molecule has 0 fully saturated rings. The summed E-state index contributed by atoms with van der Waals surface area (Å²) >= 11 is 0. The van der Waals surface area contributed by atoms with Crippen LogP contribution < -0.4 is 21.7 Å². The minimum absolute atomic E-state index is 0.121. The van der Waals surface area contributed by atoms with Crippen LogP contribution in [0.2, 0.25) is 0 Å². The van der Waals surface area contributed by atoms with Crippen molar-refractivity contribution in [2.24, 2.45) is 0 Å². The van der Waals surface area contributed by atoms with Gasteiger partial charge in [0.1, 0.15) is 0 Å². The van der Waals surface area contributed by atoms with Gasteiger partial charge in [0.15, 0.2) is 13.2 Å². The van der Waals surface area contributed by atoms with Gasteiger partial charge in [0.25, 0.3) is 11.8 Å². The molecule has 214 valence electrons. The fraction of sp³-hybridized carbons (Fsp3) is 0.714. The molecule has 0 aromatic heterocycles. The molecular weight excluding hydrogens is 496 g/mol. The fourth-order valence-electron chi connectivity index (χ4n) is 2.28. The zero-order chi connectivity index (χ0) is 27.9. The van der Waals surface area contributed by atoms with Crippen LogP contribution >= 0.6 is 0 Å². The van der Waals surface area contributed by atoms with Gasteiger partial charge in [-0.15, -0.1) is 0 Å². The molecule has 0 aliphatic heterocycles. The van der Waals surface area contributed by atoms with Crippen molar-refractivity contribution in [1.29, 1.82) is 0 Å². The summed E-state index contributed by atoms with van der Waals surface area (Å²) in [4.78, 5) is 49.0. The first kappa shape index (κ1) is 34.3. The average Bonchev–Trinajstić information content (AvgIpc) is 2.88. The zero-order valence-corrected chi connectivity index (χ0v) is 22.1. The minimum atomic E-state index is -0.938. The molecule has 0 saturated carbocycles. The molecule has 37 heavy (non-hydrogen) atoms. The lowest BCUT2D eigenvalue weighted by atomic mass is 10.3. The predicted octanol–water partition coefficient (Wildman–Crippen LogP) is -2.72. The lowest BCUT2D eigenvalue weighted by Gasteiger charge is -2.23. The Kier molecular flexibility index (Phi) is 20.9. The molecule has 4 N–H and O–H groups in total. The summed E-state index contributed by atoms with van der Waals surface area (Å²) in [6.45, 7) is 2.74. The number of hydrogen-bond donors (Lipinski definition) is 4. The summed E-state index contributed by atoms with van der Waals surface area (Å²) in [5.74, 6) is -3.04. The second-order valence-corrected chi connectivity index (χ2v) is 7.07. The summed E-state index contributed by atoms with van der Waals surface area (Å²) in [6, 6.07) is 0. The van der Waals surface area contributed by atoms with E-state index >= 15 is 0 Å². The van der Waals surface area contributed by atoms with Crippen molar-refractivity contribution in [2.75, 3.05) is 94.3 Å². The number of esters is 2. The molecule has 16 heteroatoms. The minimum Gasteiger partial charge on any atom is -0.452 e. The van der Waals surface area contributed by atoms with Gasteiger partial charge in [-0.2, -0.15) is 0 Å². The first-order valence-corrected chi connectivity index (χ1v) is 11.4. The third kappa shape index (κ3) is 17.4. The van der Waals surface area contributed by atoms with Crippen LogP contribution in [0.15, 0.2) is 11.6 Å². The highest BCUT2D eigenvalue weighted by Gasteiger charge is 2.18. The molecule has 16 nitrogen and oxygen atoms in total. The number of carbonyl (C=O) groups excluding carboxylic acids is 4. The van der Waals surface area contributed by atoms with E-state index in [4.69, 9.17) is 28.4 Å². The number of ether oxygens (including phenoxy) is 6. The van der Waals surface area contributed by atoms with Crippen molar-refractivity contribution in [3.8, 4) is 0 Å². The summed E-state index contributed by atoms with van der Waals surface area (Å²) in [5.41, 5.74) is 11.0. The second kappa shape index (κ2) is 22.5. The Morgan fingerprint density at radius 2 is 0.973 bits per heavy atom. The highest BCUT2D eigenvalue weighted by molar-refractivity contribution is 5.97. The Bertz CT molecular complexity index is 689. The van der Waals surface area contributed by atoms with Crippen molar-refractivity contribution in [3.05, 3.63) is 11.6 Å². The molecule has 2 amide bonds. The Morgan fingerprint density at radius 1 is 0.622 bits per heavy atom. The summed E-state index contributed by atoms with van der Waals surface area (Å²) in [7, 11) is 6.05. The van der Waals surface area contributed by atoms with E-state index in [-0.39, 0.29) is 5.57 Å². The molecule has 0 bridgehead atoms. The van der Waals surface area contributed by atoms with E-state index in [9.17, 15) is 19.2 Å². The zero-order valence-electron chi connectivity index (χ0n) is 22.1. The van der Waals surface area contributed by atoms with E-state index in [0.717, 1.165) is 16.3 Å². The number of amides is 2. The maximum absolute atomic E-state index is 12.4. The van der Waals surface area contributed by atoms with Gasteiger partial charge in [0.2, 0.25) is 0 Å². The molecule has 0 radical (unpaired) electrons. The van der Waals surface area contributed by atoms with Crippen LogP contribution in [0, 0.1) is 0 Å². The Labute approximate surface area is 216 Å². The number of hydrazine groups is 4. The van der Waals surface area contributed by atoms with Gasteiger partial charge in [0.05, 0.1) is 26.4 Å². The van der Waals surface area contributed by atoms with Crippen molar-refractivity contribution < 1.29 is 47.6 Å². The Hall–Kier alpha value is -2.70.